The summed E-state index contributed by atoms with van der Waals surface area (Å²) in [5, 5.41) is 15.7. The maximum Gasteiger partial charge on any atom is 0.317 e. The molecule has 0 heterocycles. The maximum absolute atomic E-state index is 13.9. The Kier molecular flexibility index (Phi) is 7.64. The van der Waals surface area contributed by atoms with Crippen molar-refractivity contribution in [1.82, 2.24) is 5.32 Å². The Morgan fingerprint density at radius 3 is 2.34 bits per heavy atom. The fourth-order valence-corrected chi connectivity index (χ4v) is 3.43. The van der Waals surface area contributed by atoms with E-state index in [4.69, 9.17) is 18.0 Å². The zero-order chi connectivity index (χ0) is 23.1. The minimum atomic E-state index is -0.753. The topological polar surface area (TPSA) is 104 Å². The monoisotopic (exact) mass is 451 g/mol. The van der Waals surface area contributed by atoms with E-state index >= 15 is 0 Å². The third-order valence-electron chi connectivity index (χ3n) is 4.87. The molecule has 5 N–H and O–H groups in total. The highest BCUT2D eigenvalue weighted by molar-refractivity contribution is 7.80. The second-order valence-electron chi connectivity index (χ2n) is 7.09. The summed E-state index contributed by atoms with van der Waals surface area (Å²) < 4.78 is 13.9. The predicted octanol–water partition coefficient (Wildman–Crippen LogP) is 4.09. The fraction of sp³-hybridized carbons (Fsp3) is 0.125. The molecule has 0 bridgehead atoms. The number of benzene rings is 3. The highest BCUT2D eigenvalue weighted by Gasteiger charge is 2.14. The zero-order valence-electron chi connectivity index (χ0n) is 17.0. The first-order valence-electron chi connectivity index (χ1n) is 9.87. The van der Waals surface area contributed by atoms with Crippen LogP contribution in [0.5, 0.6) is 0 Å². The molecule has 0 aliphatic carbocycles. The molecule has 8 heteroatoms. The van der Waals surface area contributed by atoms with Crippen molar-refractivity contribution in [2.75, 3.05) is 5.32 Å². The summed E-state index contributed by atoms with van der Waals surface area (Å²) in [6.07, 6.45) is 0.130. The first-order valence-corrected chi connectivity index (χ1v) is 10.3. The molecule has 32 heavy (non-hydrogen) atoms. The van der Waals surface area contributed by atoms with E-state index in [1.807, 2.05) is 12.1 Å². The molecule has 0 spiro atoms. The van der Waals surface area contributed by atoms with Gasteiger partial charge in [-0.1, -0.05) is 66.8 Å². The molecule has 3 aromatic carbocycles. The minimum Gasteiger partial charge on any atom is -0.388 e. The highest BCUT2D eigenvalue weighted by atomic mass is 32.1. The molecule has 164 valence electrons. The Bertz CT molecular complexity index is 1140. The normalized spacial score (nSPS) is 11.4. The van der Waals surface area contributed by atoms with Crippen LogP contribution in [0, 0.1) is 5.82 Å². The molecule has 1 unspecified atom stereocenters. The van der Waals surface area contributed by atoms with E-state index in [0.717, 1.165) is 5.56 Å². The number of rotatable bonds is 7. The molecule has 6 nitrogen and oxygen atoms in total. The number of hydrogen-bond acceptors (Lipinski definition) is 4. The molecule has 0 aliphatic rings. The van der Waals surface area contributed by atoms with E-state index in [1.165, 1.54) is 18.2 Å². The molecular weight excluding hydrogens is 429 g/mol. The summed E-state index contributed by atoms with van der Waals surface area (Å²) in [7, 11) is 0. The van der Waals surface area contributed by atoms with Gasteiger partial charge in [0.2, 0.25) is 0 Å². The van der Waals surface area contributed by atoms with Gasteiger partial charge in [0.1, 0.15) is 10.8 Å². The quantitative estimate of drug-likeness (QED) is 0.406. The van der Waals surface area contributed by atoms with Gasteiger partial charge in [-0.25, -0.2) is 9.18 Å². The molecule has 0 aromatic heterocycles. The molecule has 0 saturated carbocycles. The molecule has 0 saturated heterocycles. The van der Waals surface area contributed by atoms with Crippen molar-refractivity contribution in [2.24, 2.45) is 5.73 Å². The molecule has 3 amide bonds. The van der Waals surface area contributed by atoms with Gasteiger partial charge in [0.25, 0.3) is 5.91 Å². The Morgan fingerprint density at radius 2 is 1.66 bits per heavy atom. The second-order valence-corrected chi connectivity index (χ2v) is 7.49. The van der Waals surface area contributed by atoms with Crippen LogP contribution in [0.15, 0.2) is 72.8 Å². The molecule has 3 rings (SSSR count). The number of amides is 3. The van der Waals surface area contributed by atoms with Crippen molar-refractivity contribution in [1.29, 1.82) is 0 Å². The summed E-state index contributed by atoms with van der Waals surface area (Å²) >= 11 is 5.08. The first kappa shape index (κ1) is 23.1. The number of aliphatic hydroxyl groups excluding tert-OH is 1. The van der Waals surface area contributed by atoms with Gasteiger partial charge in [-0.15, -0.1) is 0 Å². The third-order valence-corrected chi connectivity index (χ3v) is 5.20. The minimum absolute atomic E-state index is 0.0360. The molecule has 3 aromatic rings. The lowest BCUT2D eigenvalue weighted by molar-refractivity contribution is 0.102. The van der Waals surface area contributed by atoms with E-state index in [-0.39, 0.29) is 10.6 Å². The van der Waals surface area contributed by atoms with Gasteiger partial charge in [-0.05, 0) is 42.2 Å². The molecule has 0 aliphatic heterocycles. The molecule has 0 radical (unpaired) electrons. The van der Waals surface area contributed by atoms with Crippen LogP contribution < -0.4 is 16.4 Å². The lowest BCUT2D eigenvalue weighted by atomic mass is 9.99. The summed E-state index contributed by atoms with van der Waals surface area (Å²) in [5.74, 6) is -1.13. The van der Waals surface area contributed by atoms with Crippen LogP contribution in [0.25, 0.3) is 0 Å². The number of thiocarbonyl (C=S) groups is 1. The standard InChI is InChI=1S/C24H22FN3O3S/c25-19-7-3-2-6-18(19)22(30)27-20-8-4-1-5-15(20)13-14-21(29)16-9-11-17(12-10-16)23(32)28-24(26)31/h1-12,21,29H,13-14H2,(H,27,30)(H3,26,28,31,32). The zero-order valence-corrected chi connectivity index (χ0v) is 17.9. The van der Waals surface area contributed by atoms with Gasteiger partial charge in [0.05, 0.1) is 11.7 Å². The van der Waals surface area contributed by atoms with Crippen molar-refractivity contribution >= 4 is 34.8 Å². The van der Waals surface area contributed by atoms with E-state index in [9.17, 15) is 19.1 Å². The van der Waals surface area contributed by atoms with Crippen LogP contribution in [0.3, 0.4) is 0 Å². The van der Waals surface area contributed by atoms with Gasteiger partial charge in [0, 0.05) is 11.3 Å². The lowest BCUT2D eigenvalue weighted by Gasteiger charge is -2.15. The SMILES string of the molecule is NC(=O)NC(=S)c1ccc(C(O)CCc2ccccc2NC(=O)c2ccccc2F)cc1. The highest BCUT2D eigenvalue weighted by Crippen LogP contribution is 2.24. The number of para-hydroxylation sites is 1. The van der Waals surface area contributed by atoms with Gasteiger partial charge in [0.15, 0.2) is 0 Å². The van der Waals surface area contributed by atoms with Gasteiger partial charge >= 0.3 is 6.03 Å². The summed E-state index contributed by atoms with van der Waals surface area (Å²) in [4.78, 5) is 23.6. The Labute approximate surface area is 190 Å². The lowest BCUT2D eigenvalue weighted by Crippen LogP contribution is -2.34. The van der Waals surface area contributed by atoms with E-state index in [2.05, 4.69) is 10.6 Å². The summed E-state index contributed by atoms with van der Waals surface area (Å²) in [6.45, 7) is 0. The van der Waals surface area contributed by atoms with Gasteiger partial charge in [-0.3, -0.25) is 10.1 Å². The van der Waals surface area contributed by atoms with Crippen molar-refractivity contribution in [3.05, 3.63) is 101 Å². The predicted molar refractivity (Wildman–Crippen MR) is 125 cm³/mol. The smallest absolute Gasteiger partial charge is 0.317 e. The average molecular weight is 452 g/mol. The Hall–Kier alpha value is -3.62. The van der Waals surface area contributed by atoms with Gasteiger partial charge in [-0.2, -0.15) is 0 Å². The molecular formula is C24H22FN3O3S. The largest absolute Gasteiger partial charge is 0.388 e. The van der Waals surface area contributed by atoms with Crippen molar-refractivity contribution < 1.29 is 19.1 Å². The Morgan fingerprint density at radius 1 is 1.00 bits per heavy atom. The number of aliphatic hydroxyl groups is 1. The van der Waals surface area contributed by atoms with Crippen LogP contribution in [-0.2, 0) is 6.42 Å². The van der Waals surface area contributed by atoms with E-state index in [0.29, 0.717) is 29.7 Å². The van der Waals surface area contributed by atoms with Crippen molar-refractivity contribution in [3.63, 3.8) is 0 Å². The van der Waals surface area contributed by atoms with Crippen LogP contribution in [0.1, 0.15) is 39.6 Å². The number of hydrogen-bond donors (Lipinski definition) is 4. The summed E-state index contributed by atoms with van der Waals surface area (Å²) in [6, 6.07) is 19.1. The maximum atomic E-state index is 13.9. The number of nitrogens with two attached hydrogens (primary N) is 1. The number of nitrogens with one attached hydrogen (secondary N) is 2. The number of anilines is 1. The first-order chi connectivity index (χ1) is 15.3. The number of carbonyl (C=O) groups excluding carboxylic acids is 2. The number of halogens is 1. The number of primary amides is 1. The van der Waals surface area contributed by atoms with E-state index < -0.39 is 23.9 Å². The van der Waals surface area contributed by atoms with Crippen LogP contribution >= 0.6 is 12.2 Å². The number of aryl methyl sites for hydroxylation is 1. The van der Waals surface area contributed by atoms with Crippen molar-refractivity contribution in [2.45, 2.75) is 18.9 Å². The molecule has 0 fully saturated rings. The second kappa shape index (κ2) is 10.6. The summed E-state index contributed by atoms with van der Waals surface area (Å²) in [5.41, 5.74) is 7.70. The van der Waals surface area contributed by atoms with Crippen LogP contribution in [-0.4, -0.2) is 22.0 Å². The van der Waals surface area contributed by atoms with Crippen LogP contribution in [0.2, 0.25) is 0 Å². The average Bonchev–Trinajstić information content (AvgIpc) is 2.78. The van der Waals surface area contributed by atoms with Crippen LogP contribution in [0.4, 0.5) is 14.9 Å². The molecule has 1 atom stereocenters. The fourth-order valence-electron chi connectivity index (χ4n) is 3.19. The van der Waals surface area contributed by atoms with E-state index in [1.54, 1.807) is 42.5 Å². The number of urea groups is 1. The van der Waals surface area contributed by atoms with Crippen molar-refractivity contribution in [3.8, 4) is 0 Å². The third kappa shape index (κ3) is 5.96. The Balaban J connectivity index is 1.65. The number of carbonyl (C=O) groups is 2. The van der Waals surface area contributed by atoms with Gasteiger partial charge < -0.3 is 16.2 Å².